The number of carbonyl (C=O) groups is 1. The van der Waals surface area contributed by atoms with Crippen LogP contribution < -0.4 is 0 Å². The number of furan rings is 1. The minimum absolute atomic E-state index is 0.0536. The van der Waals surface area contributed by atoms with E-state index in [0.717, 1.165) is 11.5 Å². The fourth-order valence-electron chi connectivity index (χ4n) is 2.68. The molecule has 0 N–H and O–H groups in total. The summed E-state index contributed by atoms with van der Waals surface area (Å²) in [6.45, 7) is 0. The van der Waals surface area contributed by atoms with Crippen molar-refractivity contribution in [3.63, 3.8) is 0 Å². The molecule has 0 aliphatic heterocycles. The third kappa shape index (κ3) is 2.04. The lowest BCUT2D eigenvalue weighted by Gasteiger charge is -2.20. The molecule has 3 heterocycles. The van der Waals surface area contributed by atoms with Crippen LogP contribution in [0.5, 0.6) is 0 Å². The minimum Gasteiger partial charge on any atom is -0.469 e. The Morgan fingerprint density at radius 2 is 2.29 bits per heavy atom. The van der Waals surface area contributed by atoms with Crippen molar-refractivity contribution in [3.05, 3.63) is 41.6 Å². The first kappa shape index (κ1) is 12.6. The molecular weight excluding hydrogens is 288 g/mol. The first-order chi connectivity index (χ1) is 10.2. The summed E-state index contributed by atoms with van der Waals surface area (Å²) in [5.74, 6) is 1.50. The standard InChI is InChI=1S/C14H12N4O2S/c1-21-14-16-13-15-10-5-8(12-3-2-4-20-12)6-11(19)9(10)7-18(13)17-14/h2-4,7-8H,5-6H2,1H3/t8-/m1/s1. The molecule has 0 radical (unpaired) electrons. The van der Waals surface area contributed by atoms with E-state index in [-0.39, 0.29) is 11.7 Å². The van der Waals surface area contributed by atoms with Gasteiger partial charge in [-0.1, -0.05) is 11.8 Å². The van der Waals surface area contributed by atoms with Crippen LogP contribution in [-0.4, -0.2) is 31.6 Å². The maximum Gasteiger partial charge on any atom is 0.253 e. The predicted octanol–water partition coefficient (Wildman–Crippen LogP) is 2.35. The second kappa shape index (κ2) is 4.70. The van der Waals surface area contributed by atoms with Crippen LogP contribution in [0.4, 0.5) is 0 Å². The molecule has 0 unspecified atom stereocenters. The van der Waals surface area contributed by atoms with Gasteiger partial charge in [0.1, 0.15) is 5.76 Å². The number of aromatic nitrogens is 4. The van der Waals surface area contributed by atoms with Crippen LogP contribution in [-0.2, 0) is 6.42 Å². The van der Waals surface area contributed by atoms with Crippen molar-refractivity contribution < 1.29 is 9.21 Å². The number of thioether (sulfide) groups is 1. The van der Waals surface area contributed by atoms with E-state index in [9.17, 15) is 4.79 Å². The van der Waals surface area contributed by atoms with E-state index < -0.39 is 0 Å². The lowest BCUT2D eigenvalue weighted by atomic mass is 9.85. The maximum atomic E-state index is 12.4. The Kier molecular flexibility index (Phi) is 2.81. The van der Waals surface area contributed by atoms with Crippen LogP contribution in [0.15, 0.2) is 34.2 Å². The normalized spacial score (nSPS) is 18.1. The molecule has 7 heteroatoms. The highest BCUT2D eigenvalue weighted by atomic mass is 32.2. The number of hydrogen-bond donors (Lipinski definition) is 0. The highest BCUT2D eigenvalue weighted by Crippen LogP contribution is 2.32. The van der Waals surface area contributed by atoms with Crippen LogP contribution in [0.3, 0.4) is 0 Å². The van der Waals surface area contributed by atoms with Gasteiger partial charge in [-0.25, -0.2) is 9.50 Å². The number of hydrogen-bond acceptors (Lipinski definition) is 6. The lowest BCUT2D eigenvalue weighted by Crippen LogP contribution is -2.21. The summed E-state index contributed by atoms with van der Waals surface area (Å²) < 4.78 is 7.01. The first-order valence-corrected chi connectivity index (χ1v) is 7.84. The van der Waals surface area contributed by atoms with Gasteiger partial charge in [-0.15, -0.1) is 5.10 Å². The van der Waals surface area contributed by atoms with E-state index in [0.29, 0.717) is 29.3 Å². The Labute approximate surface area is 124 Å². The predicted molar refractivity (Wildman–Crippen MR) is 76.7 cm³/mol. The van der Waals surface area contributed by atoms with Gasteiger partial charge in [-0.3, -0.25) is 4.79 Å². The third-order valence-corrected chi connectivity index (χ3v) is 4.23. The zero-order chi connectivity index (χ0) is 14.4. The summed E-state index contributed by atoms with van der Waals surface area (Å²) in [7, 11) is 0. The van der Waals surface area contributed by atoms with E-state index >= 15 is 0 Å². The Bertz CT molecular complexity index is 825. The molecule has 0 amide bonds. The van der Waals surface area contributed by atoms with Crippen LogP contribution >= 0.6 is 11.8 Å². The van der Waals surface area contributed by atoms with Gasteiger partial charge >= 0.3 is 0 Å². The molecule has 6 nitrogen and oxygen atoms in total. The molecule has 0 saturated carbocycles. The largest absolute Gasteiger partial charge is 0.469 e. The Morgan fingerprint density at radius 3 is 3.05 bits per heavy atom. The molecule has 0 fully saturated rings. The van der Waals surface area contributed by atoms with Gasteiger partial charge in [0, 0.05) is 25.0 Å². The first-order valence-electron chi connectivity index (χ1n) is 6.61. The van der Waals surface area contributed by atoms with Gasteiger partial charge < -0.3 is 4.42 Å². The highest BCUT2D eigenvalue weighted by molar-refractivity contribution is 7.98. The van der Waals surface area contributed by atoms with Crippen molar-refractivity contribution in [3.8, 4) is 0 Å². The number of rotatable bonds is 2. The summed E-state index contributed by atoms with van der Waals surface area (Å²) in [6, 6.07) is 3.75. The Morgan fingerprint density at radius 1 is 1.38 bits per heavy atom. The molecule has 0 saturated heterocycles. The highest BCUT2D eigenvalue weighted by Gasteiger charge is 2.29. The van der Waals surface area contributed by atoms with Crippen molar-refractivity contribution >= 4 is 23.3 Å². The van der Waals surface area contributed by atoms with E-state index in [1.165, 1.54) is 11.8 Å². The van der Waals surface area contributed by atoms with Crippen LogP contribution in [0.2, 0.25) is 0 Å². The fraction of sp³-hybridized carbons (Fsp3) is 0.286. The average Bonchev–Trinajstić information content (AvgIpc) is 3.14. The third-order valence-electron chi connectivity index (χ3n) is 3.69. The zero-order valence-corrected chi connectivity index (χ0v) is 12.1. The number of fused-ring (bicyclic) bond motifs is 2. The second-order valence-corrected chi connectivity index (χ2v) is 5.76. The summed E-state index contributed by atoms with van der Waals surface area (Å²) in [5.41, 5.74) is 1.42. The van der Waals surface area contributed by atoms with Gasteiger partial charge in [-0.05, 0) is 18.4 Å². The maximum absolute atomic E-state index is 12.4. The summed E-state index contributed by atoms with van der Waals surface area (Å²) in [4.78, 5) is 21.2. The van der Waals surface area contributed by atoms with Crippen LogP contribution in [0.25, 0.3) is 5.78 Å². The smallest absolute Gasteiger partial charge is 0.253 e. The van der Waals surface area contributed by atoms with Crippen molar-refractivity contribution in [2.24, 2.45) is 0 Å². The molecule has 3 aromatic rings. The molecule has 3 aromatic heterocycles. The molecular formula is C14H12N4O2S. The summed E-state index contributed by atoms with van der Waals surface area (Å²) in [5, 5.41) is 4.93. The Balaban J connectivity index is 1.80. The van der Waals surface area contributed by atoms with Gasteiger partial charge in [0.25, 0.3) is 5.78 Å². The zero-order valence-electron chi connectivity index (χ0n) is 11.3. The monoisotopic (exact) mass is 300 g/mol. The quantitative estimate of drug-likeness (QED) is 0.676. The number of nitrogens with zero attached hydrogens (tertiary/aromatic N) is 4. The molecule has 1 aliphatic rings. The van der Waals surface area contributed by atoms with Gasteiger partial charge in [-0.2, -0.15) is 4.98 Å². The lowest BCUT2D eigenvalue weighted by molar-refractivity contribution is 0.0958. The Hall–Kier alpha value is -2.15. The molecule has 0 spiro atoms. The van der Waals surface area contributed by atoms with Crippen molar-refractivity contribution in [1.29, 1.82) is 0 Å². The van der Waals surface area contributed by atoms with Crippen LogP contribution in [0, 0.1) is 0 Å². The SMILES string of the molecule is CSc1nc2nc3c(cn2n1)C(=O)C[C@H](c1ccco1)C3. The van der Waals surface area contributed by atoms with Crippen molar-refractivity contribution in [2.45, 2.75) is 23.9 Å². The van der Waals surface area contributed by atoms with Crippen LogP contribution in [0.1, 0.15) is 34.2 Å². The molecule has 0 aromatic carbocycles. The van der Waals surface area contributed by atoms with E-state index in [4.69, 9.17) is 4.42 Å². The number of carbonyl (C=O) groups excluding carboxylic acids is 1. The van der Waals surface area contributed by atoms with Crippen molar-refractivity contribution in [1.82, 2.24) is 19.6 Å². The fourth-order valence-corrected chi connectivity index (χ4v) is 3.02. The van der Waals surface area contributed by atoms with E-state index in [1.807, 2.05) is 18.4 Å². The molecule has 1 aliphatic carbocycles. The van der Waals surface area contributed by atoms with Gasteiger partial charge in [0.2, 0.25) is 5.16 Å². The van der Waals surface area contributed by atoms with Gasteiger partial charge in [0.05, 0.1) is 17.5 Å². The van der Waals surface area contributed by atoms with Gasteiger partial charge in [0.15, 0.2) is 5.78 Å². The van der Waals surface area contributed by atoms with E-state index in [2.05, 4.69) is 15.1 Å². The molecule has 106 valence electrons. The van der Waals surface area contributed by atoms with Crippen molar-refractivity contribution in [2.75, 3.05) is 6.26 Å². The average molecular weight is 300 g/mol. The molecule has 1 atom stereocenters. The summed E-state index contributed by atoms with van der Waals surface area (Å²) >= 11 is 1.45. The topological polar surface area (TPSA) is 73.3 Å². The number of Topliss-reactive ketones (excluding diaryl/α,β-unsaturated/α-hetero) is 1. The molecule has 4 rings (SSSR count). The van der Waals surface area contributed by atoms with E-state index in [1.54, 1.807) is 17.0 Å². The summed E-state index contributed by atoms with van der Waals surface area (Å²) in [6.07, 6.45) is 6.41. The second-order valence-electron chi connectivity index (χ2n) is 4.99. The molecule has 21 heavy (non-hydrogen) atoms. The molecule has 0 bridgehead atoms. The minimum atomic E-state index is 0.0536. The number of ketones is 1.